The molecule has 0 aliphatic carbocycles. The minimum absolute atomic E-state index is 0.106. The summed E-state index contributed by atoms with van der Waals surface area (Å²) in [6.45, 7) is 6.00. The van der Waals surface area contributed by atoms with Crippen molar-refractivity contribution in [3.05, 3.63) is 51.4 Å². The molecule has 0 fully saturated rings. The zero-order valence-corrected chi connectivity index (χ0v) is 14.1. The molecular formula is C15H17BrN2OS. The van der Waals surface area contributed by atoms with Gasteiger partial charge in [0.2, 0.25) is 0 Å². The normalized spacial score (nSPS) is 12.2. The van der Waals surface area contributed by atoms with Gasteiger partial charge in [-0.25, -0.2) is 0 Å². The van der Waals surface area contributed by atoms with Gasteiger partial charge in [-0.15, -0.1) is 0 Å². The van der Waals surface area contributed by atoms with E-state index in [-0.39, 0.29) is 6.04 Å². The number of hydrogen-bond acceptors (Lipinski definition) is 3. The lowest BCUT2D eigenvalue weighted by atomic mass is 10.1. The van der Waals surface area contributed by atoms with Gasteiger partial charge in [0.05, 0.1) is 6.04 Å². The topological polar surface area (TPSA) is 51.2 Å². The summed E-state index contributed by atoms with van der Waals surface area (Å²) in [7, 11) is 0. The Bertz CT molecular complexity index is 651. The van der Waals surface area contributed by atoms with Crippen molar-refractivity contribution in [3.8, 4) is 0 Å². The maximum atomic E-state index is 5.77. The van der Waals surface area contributed by atoms with Crippen LogP contribution in [0.1, 0.15) is 35.6 Å². The first kappa shape index (κ1) is 15.1. The SMILES string of the molecule is Cc1cc(C(C)Nc2cc(Br)ccc2C(N)=S)c(C)o1. The molecule has 3 nitrogen and oxygen atoms in total. The summed E-state index contributed by atoms with van der Waals surface area (Å²) in [5.74, 6) is 1.84. The molecule has 0 radical (unpaired) electrons. The first-order valence-electron chi connectivity index (χ1n) is 6.31. The number of nitrogens with one attached hydrogen (secondary N) is 1. The predicted octanol–water partition coefficient (Wildman–Crippen LogP) is 4.47. The minimum atomic E-state index is 0.106. The molecule has 1 aromatic carbocycles. The molecule has 0 aliphatic heterocycles. The maximum absolute atomic E-state index is 5.77. The average molecular weight is 353 g/mol. The van der Waals surface area contributed by atoms with Gasteiger partial charge in [-0.1, -0.05) is 28.1 Å². The molecule has 0 aliphatic rings. The number of benzene rings is 1. The second kappa shape index (κ2) is 5.97. The molecule has 1 aromatic heterocycles. The van der Waals surface area contributed by atoms with Gasteiger partial charge in [0.25, 0.3) is 0 Å². The molecule has 1 heterocycles. The Hall–Kier alpha value is -1.33. The highest BCUT2D eigenvalue weighted by atomic mass is 79.9. The van der Waals surface area contributed by atoms with Gasteiger partial charge >= 0.3 is 0 Å². The van der Waals surface area contributed by atoms with Crippen LogP contribution >= 0.6 is 28.1 Å². The molecule has 0 amide bonds. The Balaban J connectivity index is 2.32. The second-order valence-corrected chi connectivity index (χ2v) is 6.14. The highest BCUT2D eigenvalue weighted by Crippen LogP contribution is 2.28. The number of rotatable bonds is 4. The number of aryl methyl sites for hydroxylation is 2. The Morgan fingerprint density at radius 3 is 2.60 bits per heavy atom. The van der Waals surface area contributed by atoms with E-state index in [0.717, 1.165) is 32.8 Å². The lowest BCUT2D eigenvalue weighted by Gasteiger charge is -2.17. The van der Waals surface area contributed by atoms with E-state index in [4.69, 9.17) is 22.4 Å². The van der Waals surface area contributed by atoms with Crippen LogP contribution in [0.25, 0.3) is 0 Å². The Morgan fingerprint density at radius 2 is 2.05 bits per heavy atom. The summed E-state index contributed by atoms with van der Waals surface area (Å²) < 4.78 is 6.55. The molecule has 5 heteroatoms. The molecular weight excluding hydrogens is 336 g/mol. The number of hydrogen-bond donors (Lipinski definition) is 2. The van der Waals surface area contributed by atoms with E-state index in [2.05, 4.69) is 28.2 Å². The summed E-state index contributed by atoms with van der Waals surface area (Å²) in [6.07, 6.45) is 0. The summed E-state index contributed by atoms with van der Waals surface area (Å²) >= 11 is 8.56. The van der Waals surface area contributed by atoms with Gasteiger partial charge in [-0.3, -0.25) is 0 Å². The largest absolute Gasteiger partial charge is 0.466 e. The summed E-state index contributed by atoms with van der Waals surface area (Å²) in [6, 6.07) is 7.97. The fourth-order valence-electron chi connectivity index (χ4n) is 2.24. The van der Waals surface area contributed by atoms with E-state index in [1.54, 1.807) is 0 Å². The van der Waals surface area contributed by atoms with Crippen LogP contribution in [0.15, 0.2) is 33.2 Å². The number of thiocarbonyl (C=S) groups is 1. The van der Waals surface area contributed by atoms with Crippen molar-refractivity contribution in [1.82, 2.24) is 0 Å². The molecule has 20 heavy (non-hydrogen) atoms. The van der Waals surface area contributed by atoms with Gasteiger partial charge in [0.15, 0.2) is 0 Å². The van der Waals surface area contributed by atoms with E-state index in [9.17, 15) is 0 Å². The monoisotopic (exact) mass is 352 g/mol. The fourth-order valence-corrected chi connectivity index (χ4v) is 2.78. The zero-order chi connectivity index (χ0) is 14.9. The first-order chi connectivity index (χ1) is 9.38. The molecule has 1 unspecified atom stereocenters. The molecule has 2 rings (SSSR count). The number of nitrogens with two attached hydrogens (primary N) is 1. The second-order valence-electron chi connectivity index (χ2n) is 4.79. The van der Waals surface area contributed by atoms with Gasteiger partial charge in [-0.2, -0.15) is 0 Å². The van der Waals surface area contributed by atoms with Gasteiger partial charge < -0.3 is 15.5 Å². The van der Waals surface area contributed by atoms with Crippen molar-refractivity contribution in [1.29, 1.82) is 0 Å². The quantitative estimate of drug-likeness (QED) is 0.797. The molecule has 2 aromatic rings. The highest BCUT2D eigenvalue weighted by Gasteiger charge is 2.15. The van der Waals surface area contributed by atoms with Crippen LogP contribution in [0.2, 0.25) is 0 Å². The molecule has 106 valence electrons. The minimum Gasteiger partial charge on any atom is -0.466 e. The van der Waals surface area contributed by atoms with E-state index in [1.807, 2.05) is 38.1 Å². The van der Waals surface area contributed by atoms with E-state index < -0.39 is 0 Å². The van der Waals surface area contributed by atoms with Gasteiger partial charge in [0.1, 0.15) is 16.5 Å². The van der Waals surface area contributed by atoms with Crippen LogP contribution in [-0.2, 0) is 0 Å². The standard InChI is InChI=1S/C15H17BrN2OS/c1-8-6-13(10(3)19-8)9(2)18-14-7-11(16)4-5-12(14)15(17)20/h4-7,9,18H,1-3H3,(H2,17,20). The van der Waals surface area contributed by atoms with Crippen LogP contribution in [0, 0.1) is 13.8 Å². The van der Waals surface area contributed by atoms with Crippen LogP contribution in [0.3, 0.4) is 0 Å². The Labute approximate surface area is 132 Å². The van der Waals surface area contributed by atoms with Crippen LogP contribution < -0.4 is 11.1 Å². The highest BCUT2D eigenvalue weighted by molar-refractivity contribution is 9.10. The molecule has 0 bridgehead atoms. The number of halogens is 1. The van der Waals surface area contributed by atoms with Crippen molar-refractivity contribution in [2.45, 2.75) is 26.8 Å². The fraction of sp³-hybridized carbons (Fsp3) is 0.267. The third-order valence-corrected chi connectivity index (χ3v) is 3.88. The van der Waals surface area contributed by atoms with Crippen molar-refractivity contribution < 1.29 is 4.42 Å². The number of furan rings is 1. The van der Waals surface area contributed by atoms with Crippen LogP contribution in [0.4, 0.5) is 5.69 Å². The van der Waals surface area contributed by atoms with Gasteiger partial charge in [0, 0.05) is 21.3 Å². The smallest absolute Gasteiger partial charge is 0.106 e. The van der Waals surface area contributed by atoms with Crippen LogP contribution in [0.5, 0.6) is 0 Å². The number of anilines is 1. The molecule has 0 saturated heterocycles. The Morgan fingerprint density at radius 1 is 1.35 bits per heavy atom. The van der Waals surface area contributed by atoms with Crippen molar-refractivity contribution in [2.24, 2.45) is 5.73 Å². The van der Waals surface area contributed by atoms with Crippen molar-refractivity contribution >= 4 is 38.8 Å². The molecule has 3 N–H and O–H groups in total. The van der Waals surface area contributed by atoms with E-state index >= 15 is 0 Å². The van der Waals surface area contributed by atoms with Crippen molar-refractivity contribution in [2.75, 3.05) is 5.32 Å². The third-order valence-electron chi connectivity index (χ3n) is 3.16. The molecule has 1 atom stereocenters. The Kier molecular flexibility index (Phi) is 4.50. The van der Waals surface area contributed by atoms with E-state index in [0.29, 0.717) is 4.99 Å². The van der Waals surface area contributed by atoms with Crippen molar-refractivity contribution in [3.63, 3.8) is 0 Å². The first-order valence-corrected chi connectivity index (χ1v) is 7.51. The third kappa shape index (κ3) is 3.22. The summed E-state index contributed by atoms with van der Waals surface area (Å²) in [5.41, 5.74) is 8.66. The zero-order valence-electron chi connectivity index (χ0n) is 11.7. The average Bonchev–Trinajstić information content (AvgIpc) is 2.68. The molecule has 0 spiro atoms. The lowest BCUT2D eigenvalue weighted by Crippen LogP contribution is -2.15. The predicted molar refractivity (Wildman–Crippen MR) is 90.2 cm³/mol. The summed E-state index contributed by atoms with van der Waals surface area (Å²) in [4.78, 5) is 0.382. The van der Waals surface area contributed by atoms with Crippen LogP contribution in [-0.4, -0.2) is 4.99 Å². The maximum Gasteiger partial charge on any atom is 0.106 e. The van der Waals surface area contributed by atoms with E-state index in [1.165, 1.54) is 0 Å². The molecule has 0 saturated carbocycles. The lowest BCUT2D eigenvalue weighted by molar-refractivity contribution is 0.500. The summed E-state index contributed by atoms with van der Waals surface area (Å²) in [5, 5.41) is 3.45. The van der Waals surface area contributed by atoms with Gasteiger partial charge in [-0.05, 0) is 45.0 Å².